The molecule has 0 bridgehead atoms. The molecular formula is C22H27N3O5S. The average Bonchev–Trinajstić information content (AvgIpc) is 2.77. The van der Waals surface area contributed by atoms with Crippen LogP contribution in [0.25, 0.3) is 0 Å². The first-order valence-corrected chi connectivity index (χ1v) is 11.8. The van der Waals surface area contributed by atoms with Gasteiger partial charge >= 0.3 is 0 Å². The molecule has 166 valence electrons. The number of hydrogen-bond donors (Lipinski definition) is 1. The number of nitrogens with one attached hydrogen (secondary N) is 1. The van der Waals surface area contributed by atoms with E-state index in [0.717, 1.165) is 18.9 Å². The van der Waals surface area contributed by atoms with E-state index in [1.165, 1.54) is 22.0 Å². The number of carbonyl (C=O) groups excluding carboxylic acids is 1. The zero-order valence-corrected chi connectivity index (χ0v) is 18.3. The Bertz CT molecular complexity index is 1030. The van der Waals surface area contributed by atoms with E-state index in [-0.39, 0.29) is 35.5 Å². The summed E-state index contributed by atoms with van der Waals surface area (Å²) in [4.78, 5) is 22.8. The number of rotatable bonds is 8. The number of nitro benzene ring substituents is 1. The van der Waals surface area contributed by atoms with Crippen molar-refractivity contribution < 1.29 is 18.1 Å². The fourth-order valence-electron chi connectivity index (χ4n) is 3.77. The number of non-ortho nitro benzene ring substituents is 1. The van der Waals surface area contributed by atoms with Crippen LogP contribution in [0.5, 0.6) is 0 Å². The largest absolute Gasteiger partial charge is 0.356 e. The predicted molar refractivity (Wildman–Crippen MR) is 117 cm³/mol. The monoisotopic (exact) mass is 445 g/mol. The molecule has 0 aliphatic carbocycles. The smallest absolute Gasteiger partial charge is 0.270 e. The first-order valence-electron chi connectivity index (χ1n) is 10.4. The topological polar surface area (TPSA) is 110 Å². The maximum atomic E-state index is 13.0. The highest BCUT2D eigenvalue weighted by molar-refractivity contribution is 7.89. The highest BCUT2D eigenvalue weighted by Gasteiger charge is 2.33. The van der Waals surface area contributed by atoms with Crippen LogP contribution in [0.2, 0.25) is 0 Å². The summed E-state index contributed by atoms with van der Waals surface area (Å²) in [5.41, 5.74) is 1.43. The second kappa shape index (κ2) is 10.0. The number of hydrogen-bond acceptors (Lipinski definition) is 5. The van der Waals surface area contributed by atoms with Gasteiger partial charge in [-0.2, -0.15) is 4.31 Å². The van der Waals surface area contributed by atoms with Crippen LogP contribution in [0.3, 0.4) is 0 Å². The number of piperidine rings is 1. The van der Waals surface area contributed by atoms with Gasteiger partial charge in [0.2, 0.25) is 15.9 Å². The molecule has 0 atom stereocenters. The van der Waals surface area contributed by atoms with Crippen molar-refractivity contribution in [2.75, 3.05) is 19.6 Å². The molecule has 8 nitrogen and oxygen atoms in total. The van der Waals surface area contributed by atoms with Crippen molar-refractivity contribution >= 4 is 21.6 Å². The van der Waals surface area contributed by atoms with Gasteiger partial charge in [0.05, 0.1) is 9.82 Å². The van der Waals surface area contributed by atoms with E-state index in [4.69, 9.17) is 0 Å². The van der Waals surface area contributed by atoms with Crippen LogP contribution >= 0.6 is 0 Å². The van der Waals surface area contributed by atoms with Gasteiger partial charge in [-0.05, 0) is 43.7 Å². The van der Waals surface area contributed by atoms with Crippen molar-refractivity contribution in [2.45, 2.75) is 37.5 Å². The van der Waals surface area contributed by atoms with E-state index in [9.17, 15) is 23.3 Å². The second-order valence-electron chi connectivity index (χ2n) is 7.77. The number of sulfonamides is 1. The number of nitrogens with zero attached hydrogens (tertiary/aromatic N) is 2. The molecule has 2 aromatic carbocycles. The second-order valence-corrected chi connectivity index (χ2v) is 9.67. The third-order valence-electron chi connectivity index (χ3n) is 5.61. The van der Waals surface area contributed by atoms with Crippen LogP contribution in [0.1, 0.15) is 30.4 Å². The van der Waals surface area contributed by atoms with Crippen molar-refractivity contribution in [3.05, 3.63) is 69.8 Å². The molecule has 2 aromatic rings. The molecule has 1 N–H and O–H groups in total. The summed E-state index contributed by atoms with van der Waals surface area (Å²) >= 11 is 0. The molecule has 0 radical (unpaired) electrons. The summed E-state index contributed by atoms with van der Waals surface area (Å²) in [5.74, 6) is -0.272. The minimum Gasteiger partial charge on any atom is -0.356 e. The Kier molecular flexibility index (Phi) is 7.40. The van der Waals surface area contributed by atoms with E-state index in [0.29, 0.717) is 24.9 Å². The van der Waals surface area contributed by atoms with Gasteiger partial charge in [0, 0.05) is 37.7 Å². The number of benzene rings is 2. The van der Waals surface area contributed by atoms with E-state index in [1.807, 2.05) is 18.2 Å². The summed E-state index contributed by atoms with van der Waals surface area (Å²) < 4.78 is 27.3. The zero-order chi connectivity index (χ0) is 22.4. The first-order chi connectivity index (χ1) is 14.8. The summed E-state index contributed by atoms with van der Waals surface area (Å²) in [7, 11) is -3.85. The van der Waals surface area contributed by atoms with Crippen LogP contribution in [0.15, 0.2) is 53.4 Å². The zero-order valence-electron chi connectivity index (χ0n) is 17.5. The van der Waals surface area contributed by atoms with Gasteiger partial charge in [0.1, 0.15) is 0 Å². The maximum absolute atomic E-state index is 13.0. The van der Waals surface area contributed by atoms with E-state index in [1.54, 1.807) is 6.92 Å². The Labute approximate surface area is 182 Å². The molecule has 0 unspecified atom stereocenters. The Morgan fingerprint density at radius 3 is 2.48 bits per heavy atom. The van der Waals surface area contributed by atoms with Gasteiger partial charge < -0.3 is 5.32 Å². The van der Waals surface area contributed by atoms with Gasteiger partial charge in [-0.1, -0.05) is 36.4 Å². The molecule has 3 rings (SSSR count). The van der Waals surface area contributed by atoms with Gasteiger partial charge in [0.15, 0.2) is 0 Å². The summed E-state index contributed by atoms with van der Waals surface area (Å²) in [6.07, 6.45) is 2.59. The number of carbonyl (C=O) groups is 1. The van der Waals surface area contributed by atoms with Gasteiger partial charge in [-0.15, -0.1) is 0 Å². The van der Waals surface area contributed by atoms with E-state index in [2.05, 4.69) is 17.4 Å². The quantitative estimate of drug-likeness (QED) is 0.382. The molecule has 1 saturated heterocycles. The summed E-state index contributed by atoms with van der Waals surface area (Å²) in [6.45, 7) is 2.63. The fraction of sp³-hybridized carbons (Fsp3) is 0.409. The molecule has 9 heteroatoms. The molecule has 0 spiro atoms. The highest BCUT2D eigenvalue weighted by atomic mass is 32.2. The Balaban J connectivity index is 1.52. The molecule has 1 fully saturated rings. The standard InChI is InChI=1S/C22H27N3O5S/c1-17-9-10-20(25(27)28)16-21(17)31(29,30)24-14-11-19(12-15-24)22(26)23-13-5-8-18-6-3-2-4-7-18/h2-4,6-7,9-10,16,19H,5,8,11-15H2,1H3,(H,23,26). The fourth-order valence-corrected chi connectivity index (χ4v) is 5.49. The van der Waals surface area contributed by atoms with Crippen molar-refractivity contribution in [1.29, 1.82) is 0 Å². The Morgan fingerprint density at radius 1 is 1.16 bits per heavy atom. The van der Waals surface area contributed by atoms with Crippen molar-refractivity contribution in [3.8, 4) is 0 Å². The number of nitro groups is 1. The normalized spacial score (nSPS) is 15.5. The summed E-state index contributed by atoms with van der Waals surface area (Å²) in [6, 6.07) is 13.9. The average molecular weight is 446 g/mol. The van der Waals surface area contributed by atoms with Crippen LogP contribution < -0.4 is 5.32 Å². The van der Waals surface area contributed by atoms with Crippen molar-refractivity contribution in [3.63, 3.8) is 0 Å². The molecule has 0 saturated carbocycles. The molecule has 1 aliphatic heterocycles. The lowest BCUT2D eigenvalue weighted by atomic mass is 9.97. The van der Waals surface area contributed by atoms with Crippen LogP contribution in [-0.2, 0) is 21.2 Å². The number of aryl methyl sites for hydroxylation is 2. The van der Waals surface area contributed by atoms with Crippen LogP contribution in [0.4, 0.5) is 5.69 Å². The highest BCUT2D eigenvalue weighted by Crippen LogP contribution is 2.28. The van der Waals surface area contributed by atoms with Gasteiger partial charge in [-0.25, -0.2) is 8.42 Å². The predicted octanol–water partition coefficient (Wildman–Crippen LogP) is 3.05. The molecule has 1 aliphatic rings. The lowest BCUT2D eigenvalue weighted by molar-refractivity contribution is -0.385. The molecular weight excluding hydrogens is 418 g/mol. The van der Waals surface area contributed by atoms with Crippen molar-refractivity contribution in [2.24, 2.45) is 5.92 Å². The third-order valence-corrected chi connectivity index (χ3v) is 7.65. The Morgan fingerprint density at radius 2 is 1.84 bits per heavy atom. The van der Waals surface area contributed by atoms with E-state index >= 15 is 0 Å². The van der Waals surface area contributed by atoms with Crippen molar-refractivity contribution in [1.82, 2.24) is 9.62 Å². The minimum atomic E-state index is -3.85. The molecule has 1 heterocycles. The van der Waals surface area contributed by atoms with Gasteiger partial charge in [0.25, 0.3) is 5.69 Å². The molecule has 0 aromatic heterocycles. The third kappa shape index (κ3) is 5.68. The minimum absolute atomic E-state index is 0.0448. The van der Waals surface area contributed by atoms with Crippen LogP contribution in [0, 0.1) is 23.0 Å². The van der Waals surface area contributed by atoms with Crippen LogP contribution in [-0.4, -0.2) is 43.2 Å². The lowest BCUT2D eigenvalue weighted by Gasteiger charge is -2.30. The number of amides is 1. The summed E-state index contributed by atoms with van der Waals surface area (Å²) in [5, 5.41) is 14.0. The lowest BCUT2D eigenvalue weighted by Crippen LogP contribution is -2.43. The maximum Gasteiger partial charge on any atom is 0.270 e. The molecule has 1 amide bonds. The van der Waals surface area contributed by atoms with Gasteiger partial charge in [-0.3, -0.25) is 14.9 Å². The SMILES string of the molecule is Cc1ccc([N+](=O)[O-])cc1S(=O)(=O)N1CCC(C(=O)NCCCc2ccccc2)CC1. The first kappa shape index (κ1) is 22.9. The molecule has 31 heavy (non-hydrogen) atoms. The Hall–Kier alpha value is -2.78. The van der Waals surface area contributed by atoms with E-state index < -0.39 is 14.9 Å².